The van der Waals surface area contributed by atoms with E-state index in [0.29, 0.717) is 5.56 Å². The maximum absolute atomic E-state index is 12.9. The lowest BCUT2D eigenvalue weighted by molar-refractivity contribution is 0.0939. The molecule has 1 atom stereocenters. The molecule has 0 saturated carbocycles. The molecule has 1 unspecified atom stereocenters. The number of amides is 1. The average molecular weight is 374 g/mol. The summed E-state index contributed by atoms with van der Waals surface area (Å²) in [7, 11) is 1.64. The summed E-state index contributed by atoms with van der Waals surface area (Å²) in [6, 6.07) is 14.2. The van der Waals surface area contributed by atoms with Crippen LogP contribution in [0, 0.1) is 6.92 Å². The molecule has 1 heterocycles. The summed E-state index contributed by atoms with van der Waals surface area (Å²) in [6.07, 6.45) is 4.84. The van der Waals surface area contributed by atoms with Crippen LogP contribution in [-0.2, 0) is 12.8 Å². The summed E-state index contributed by atoms with van der Waals surface area (Å²) in [5, 5.41) is 4.07. The normalized spacial score (nSPS) is 14.4. The van der Waals surface area contributed by atoms with Gasteiger partial charge >= 0.3 is 0 Å². The molecule has 1 aliphatic rings. The second-order valence-electron chi connectivity index (χ2n) is 7.61. The highest BCUT2D eigenvalue weighted by Crippen LogP contribution is 2.26. The molecule has 0 radical (unpaired) electrons. The molecule has 0 saturated heterocycles. The number of aryl methyl sites for hydroxylation is 3. The molecular weight excluding hydrogens is 348 g/mol. The van der Waals surface area contributed by atoms with Crippen molar-refractivity contribution in [3.05, 3.63) is 70.4 Å². The van der Waals surface area contributed by atoms with Gasteiger partial charge in [0.15, 0.2) is 0 Å². The Morgan fingerprint density at radius 2 is 1.86 bits per heavy atom. The predicted molar refractivity (Wildman–Crippen MR) is 112 cm³/mol. The summed E-state index contributed by atoms with van der Waals surface area (Å²) in [6.45, 7) is 3.91. The highest BCUT2D eigenvalue weighted by atomic mass is 16.5. The maximum atomic E-state index is 12.9. The number of pyridine rings is 1. The number of ether oxygens (including phenoxy) is 1. The maximum Gasteiger partial charge on any atom is 0.253 e. The van der Waals surface area contributed by atoms with Crippen molar-refractivity contribution < 1.29 is 9.53 Å². The Hall–Kier alpha value is -2.88. The van der Waals surface area contributed by atoms with Crippen molar-refractivity contribution in [2.45, 2.75) is 45.6 Å². The third kappa shape index (κ3) is 3.59. The molecule has 3 aromatic rings. The third-order valence-corrected chi connectivity index (χ3v) is 5.68. The number of methoxy groups -OCH3 is 1. The van der Waals surface area contributed by atoms with E-state index in [-0.39, 0.29) is 11.9 Å². The van der Waals surface area contributed by atoms with Crippen LogP contribution >= 0.6 is 0 Å². The molecule has 1 amide bonds. The van der Waals surface area contributed by atoms with Gasteiger partial charge in [-0.2, -0.15) is 0 Å². The molecule has 2 aromatic carbocycles. The van der Waals surface area contributed by atoms with Gasteiger partial charge in [0.05, 0.1) is 29.9 Å². The highest BCUT2D eigenvalue weighted by Gasteiger charge is 2.17. The summed E-state index contributed by atoms with van der Waals surface area (Å²) >= 11 is 0. The second-order valence-corrected chi connectivity index (χ2v) is 7.61. The number of rotatable bonds is 4. The van der Waals surface area contributed by atoms with E-state index in [1.54, 1.807) is 7.11 Å². The molecule has 1 aromatic heterocycles. The quantitative estimate of drug-likeness (QED) is 0.705. The van der Waals surface area contributed by atoms with E-state index < -0.39 is 0 Å². The molecule has 1 aliphatic carbocycles. The van der Waals surface area contributed by atoms with Crippen LogP contribution in [0.2, 0.25) is 0 Å². The molecule has 28 heavy (non-hydrogen) atoms. The molecule has 0 aliphatic heterocycles. The number of carbonyl (C=O) groups is 1. The number of carbonyl (C=O) groups excluding carboxylic acids is 1. The molecule has 0 fully saturated rings. The molecule has 0 spiro atoms. The Bertz CT molecular complexity index is 1040. The van der Waals surface area contributed by atoms with E-state index in [9.17, 15) is 4.79 Å². The zero-order chi connectivity index (χ0) is 19.7. The Morgan fingerprint density at radius 1 is 1.07 bits per heavy atom. The zero-order valence-electron chi connectivity index (χ0n) is 16.7. The van der Waals surface area contributed by atoms with E-state index in [2.05, 4.69) is 28.5 Å². The van der Waals surface area contributed by atoms with Gasteiger partial charge in [-0.15, -0.1) is 0 Å². The van der Waals surface area contributed by atoms with Crippen molar-refractivity contribution >= 4 is 16.8 Å². The topological polar surface area (TPSA) is 51.2 Å². The number of hydrogen-bond donors (Lipinski definition) is 1. The van der Waals surface area contributed by atoms with Crippen LogP contribution in [0.1, 0.15) is 58.5 Å². The van der Waals surface area contributed by atoms with Crippen molar-refractivity contribution in [3.8, 4) is 5.75 Å². The monoisotopic (exact) mass is 374 g/mol. The van der Waals surface area contributed by atoms with Crippen molar-refractivity contribution in [1.29, 1.82) is 0 Å². The van der Waals surface area contributed by atoms with Crippen molar-refractivity contribution in [2.75, 3.05) is 7.11 Å². The van der Waals surface area contributed by atoms with Gasteiger partial charge in [0.25, 0.3) is 5.91 Å². The van der Waals surface area contributed by atoms with Crippen molar-refractivity contribution in [3.63, 3.8) is 0 Å². The van der Waals surface area contributed by atoms with E-state index in [0.717, 1.165) is 34.3 Å². The molecule has 4 heteroatoms. The van der Waals surface area contributed by atoms with E-state index in [1.165, 1.54) is 30.4 Å². The predicted octanol–water partition coefficient (Wildman–Crippen LogP) is 4.92. The summed E-state index contributed by atoms with van der Waals surface area (Å²) in [4.78, 5) is 17.5. The lowest BCUT2D eigenvalue weighted by Crippen LogP contribution is -2.27. The van der Waals surface area contributed by atoms with Gasteiger partial charge in [0.1, 0.15) is 5.75 Å². The Labute approximate surface area is 165 Å². The van der Waals surface area contributed by atoms with Gasteiger partial charge in [0.2, 0.25) is 0 Å². The van der Waals surface area contributed by atoms with Crippen LogP contribution in [-0.4, -0.2) is 18.0 Å². The van der Waals surface area contributed by atoms with Gasteiger partial charge < -0.3 is 10.1 Å². The first-order valence-electron chi connectivity index (χ1n) is 9.93. The van der Waals surface area contributed by atoms with Crippen LogP contribution in [0.15, 0.2) is 42.5 Å². The molecule has 0 bridgehead atoms. The van der Waals surface area contributed by atoms with Gasteiger partial charge in [-0.05, 0) is 74.4 Å². The first-order valence-corrected chi connectivity index (χ1v) is 9.93. The zero-order valence-corrected chi connectivity index (χ0v) is 16.7. The highest BCUT2D eigenvalue weighted by molar-refractivity contribution is 5.99. The van der Waals surface area contributed by atoms with Crippen LogP contribution < -0.4 is 10.1 Å². The van der Waals surface area contributed by atoms with E-state index in [1.807, 2.05) is 38.1 Å². The van der Waals surface area contributed by atoms with E-state index >= 15 is 0 Å². The number of benzene rings is 2. The first-order chi connectivity index (χ1) is 13.5. The SMILES string of the molecule is COc1ccc2cc(C(=O)NC(C)c3ccc4c(c3)CCCC4)c(C)nc2c1. The Morgan fingerprint density at radius 3 is 2.64 bits per heavy atom. The van der Waals surface area contributed by atoms with Crippen molar-refractivity contribution in [1.82, 2.24) is 10.3 Å². The molecule has 1 N–H and O–H groups in total. The Kier molecular flexibility index (Phi) is 5.03. The molecule has 144 valence electrons. The fourth-order valence-electron chi connectivity index (χ4n) is 3.98. The smallest absolute Gasteiger partial charge is 0.253 e. The van der Waals surface area contributed by atoms with Gasteiger partial charge in [0, 0.05) is 11.5 Å². The van der Waals surface area contributed by atoms with Gasteiger partial charge in [-0.25, -0.2) is 0 Å². The average Bonchev–Trinajstić information content (AvgIpc) is 2.72. The first kappa shape index (κ1) is 18.5. The van der Waals surface area contributed by atoms with Gasteiger partial charge in [-0.1, -0.05) is 18.2 Å². The molecule has 4 rings (SSSR count). The lowest BCUT2D eigenvalue weighted by Gasteiger charge is -2.20. The summed E-state index contributed by atoms with van der Waals surface area (Å²) in [5.41, 5.74) is 6.21. The standard InChI is InChI=1S/C24H26N2O2/c1-15(18-9-8-17-6-4-5-7-19(17)12-18)26-24(27)22-13-20-10-11-21(28-3)14-23(20)25-16(22)2/h8-15H,4-7H2,1-3H3,(H,26,27). The largest absolute Gasteiger partial charge is 0.497 e. The van der Waals surface area contributed by atoms with Crippen LogP contribution in [0.3, 0.4) is 0 Å². The summed E-state index contributed by atoms with van der Waals surface area (Å²) in [5.74, 6) is 0.672. The molecular formula is C24H26N2O2. The van der Waals surface area contributed by atoms with Crippen LogP contribution in [0.5, 0.6) is 5.75 Å². The number of nitrogens with one attached hydrogen (secondary N) is 1. The number of nitrogens with zero attached hydrogens (tertiary/aromatic N) is 1. The minimum atomic E-state index is -0.0899. The van der Waals surface area contributed by atoms with E-state index in [4.69, 9.17) is 4.74 Å². The third-order valence-electron chi connectivity index (χ3n) is 5.68. The molecule has 4 nitrogen and oxygen atoms in total. The van der Waals surface area contributed by atoms with Gasteiger partial charge in [-0.3, -0.25) is 9.78 Å². The van der Waals surface area contributed by atoms with Crippen LogP contribution in [0.4, 0.5) is 0 Å². The number of hydrogen-bond acceptors (Lipinski definition) is 3. The number of aromatic nitrogens is 1. The fraction of sp³-hybridized carbons (Fsp3) is 0.333. The van der Waals surface area contributed by atoms with Crippen LogP contribution in [0.25, 0.3) is 10.9 Å². The lowest BCUT2D eigenvalue weighted by atomic mass is 9.89. The van der Waals surface area contributed by atoms with Crippen molar-refractivity contribution in [2.24, 2.45) is 0 Å². The fourth-order valence-corrected chi connectivity index (χ4v) is 3.98. The second kappa shape index (κ2) is 7.63. The minimum absolute atomic E-state index is 0.0503. The summed E-state index contributed by atoms with van der Waals surface area (Å²) < 4.78 is 5.26. The Balaban J connectivity index is 1.56. The minimum Gasteiger partial charge on any atom is -0.497 e. The number of fused-ring (bicyclic) bond motifs is 2.